The largest absolute Gasteiger partial charge is 0.486 e. The van der Waals surface area contributed by atoms with E-state index in [1.807, 2.05) is 6.92 Å². The highest BCUT2D eigenvalue weighted by atomic mass is 32.2. The number of amides is 2. The predicted octanol–water partition coefficient (Wildman–Crippen LogP) is 1.15. The number of anilines is 1. The van der Waals surface area contributed by atoms with Crippen molar-refractivity contribution >= 4 is 27.5 Å². The van der Waals surface area contributed by atoms with Crippen LogP contribution in [0.4, 0.5) is 5.69 Å². The van der Waals surface area contributed by atoms with E-state index < -0.39 is 22.2 Å². The average molecular weight is 454 g/mol. The quantitative estimate of drug-likeness (QED) is 0.640. The Bertz CT molecular complexity index is 946. The maximum Gasteiger partial charge on any atom is 0.258 e. The third kappa shape index (κ3) is 5.36. The van der Waals surface area contributed by atoms with Crippen molar-refractivity contribution in [1.82, 2.24) is 9.21 Å². The molecule has 2 aliphatic rings. The molecule has 31 heavy (non-hydrogen) atoms. The van der Waals surface area contributed by atoms with Crippen LogP contribution in [0.2, 0.25) is 0 Å². The van der Waals surface area contributed by atoms with Crippen LogP contribution in [0.3, 0.4) is 0 Å². The number of para-hydroxylation sites is 1. The number of sulfonamides is 1. The van der Waals surface area contributed by atoms with Crippen LogP contribution in [0.15, 0.2) is 18.2 Å². The first-order valence-electron chi connectivity index (χ1n) is 10.5. The summed E-state index contributed by atoms with van der Waals surface area (Å²) in [7, 11) is -1.96. The van der Waals surface area contributed by atoms with E-state index in [2.05, 4.69) is 5.32 Å². The maximum absolute atomic E-state index is 13.3. The first-order valence-corrected chi connectivity index (χ1v) is 12.3. The topological polar surface area (TPSA) is 116 Å². The lowest BCUT2D eigenvalue weighted by atomic mass is 9.99. The normalized spacial score (nSPS) is 22.9. The number of carbonyl (C=O) groups excluding carboxylic acids is 2. The van der Waals surface area contributed by atoms with E-state index in [-0.39, 0.29) is 48.1 Å². The molecule has 2 N–H and O–H groups in total. The number of aliphatic hydroxyl groups excluding tert-OH is 1. The second kappa shape index (κ2) is 9.13. The molecule has 1 aromatic rings. The minimum atomic E-state index is -3.44. The van der Waals surface area contributed by atoms with Crippen LogP contribution in [-0.2, 0) is 14.8 Å². The van der Waals surface area contributed by atoms with Crippen molar-refractivity contribution in [2.24, 2.45) is 11.8 Å². The van der Waals surface area contributed by atoms with Gasteiger partial charge in [0.1, 0.15) is 6.10 Å². The summed E-state index contributed by atoms with van der Waals surface area (Å²) in [6.45, 7) is 3.80. The number of nitrogens with one attached hydrogen (secondary N) is 1. The van der Waals surface area contributed by atoms with E-state index in [0.717, 1.165) is 19.1 Å². The highest BCUT2D eigenvalue weighted by Gasteiger charge is 2.36. The molecule has 2 amide bonds. The van der Waals surface area contributed by atoms with Gasteiger partial charge in [0, 0.05) is 25.4 Å². The lowest BCUT2D eigenvalue weighted by Gasteiger charge is -2.38. The van der Waals surface area contributed by atoms with Gasteiger partial charge in [-0.15, -0.1) is 0 Å². The number of fused-ring (bicyclic) bond motifs is 1. The summed E-state index contributed by atoms with van der Waals surface area (Å²) in [6, 6.07) is 4.54. The zero-order chi connectivity index (χ0) is 22.9. The van der Waals surface area contributed by atoms with Gasteiger partial charge in [-0.05, 0) is 31.9 Å². The van der Waals surface area contributed by atoms with Crippen LogP contribution in [0.25, 0.3) is 0 Å². The highest BCUT2D eigenvalue weighted by Crippen LogP contribution is 2.37. The molecule has 172 valence electrons. The van der Waals surface area contributed by atoms with Crippen LogP contribution < -0.4 is 10.1 Å². The number of likely N-dealkylation sites (N-methyl/N-ethyl adjacent to an activating group) is 1. The Balaban J connectivity index is 2.03. The summed E-state index contributed by atoms with van der Waals surface area (Å²) in [5, 5.41) is 12.6. The van der Waals surface area contributed by atoms with Gasteiger partial charge in [0.25, 0.3) is 5.91 Å². The molecule has 3 atom stereocenters. The van der Waals surface area contributed by atoms with Crippen LogP contribution >= 0.6 is 0 Å². The number of rotatable bonds is 7. The molecular formula is C21H31N3O6S. The third-order valence-corrected chi connectivity index (χ3v) is 7.18. The smallest absolute Gasteiger partial charge is 0.258 e. The number of hydrogen-bond acceptors (Lipinski definition) is 6. The SMILES string of the molecule is C[C@H](CO)N1C[C@H](C)[C@@H](CN(C)S(C)(=O)=O)Oc2c(NC(=O)C3CC3)cccc2C1=O. The van der Waals surface area contributed by atoms with E-state index in [1.54, 1.807) is 30.0 Å². The third-order valence-electron chi connectivity index (χ3n) is 5.90. The van der Waals surface area contributed by atoms with Crippen molar-refractivity contribution in [3.05, 3.63) is 23.8 Å². The molecule has 0 radical (unpaired) electrons. The van der Waals surface area contributed by atoms with Gasteiger partial charge in [0.05, 0.1) is 36.7 Å². The van der Waals surface area contributed by atoms with Gasteiger partial charge in [-0.1, -0.05) is 13.0 Å². The van der Waals surface area contributed by atoms with Gasteiger partial charge in [0.2, 0.25) is 15.9 Å². The minimum absolute atomic E-state index is 0.0305. The molecule has 0 bridgehead atoms. The fourth-order valence-electron chi connectivity index (χ4n) is 3.53. The lowest BCUT2D eigenvalue weighted by Crippen LogP contribution is -2.50. The standard InChI is InChI=1S/C21H31N3O6S/c1-13-10-24(14(2)12-25)21(27)16-6-5-7-17(22-20(26)15-8-9-15)19(16)30-18(13)11-23(3)31(4,28)29/h5-7,13-15,18,25H,8-12H2,1-4H3,(H,22,26)/t13-,14+,18+/m0/s1. The molecule has 3 rings (SSSR count). The zero-order valence-electron chi connectivity index (χ0n) is 18.4. The Morgan fingerprint density at radius 3 is 2.65 bits per heavy atom. The van der Waals surface area contributed by atoms with Crippen LogP contribution in [-0.4, -0.2) is 79.7 Å². The Hall–Kier alpha value is -2.17. The second-order valence-electron chi connectivity index (χ2n) is 8.61. The van der Waals surface area contributed by atoms with E-state index in [0.29, 0.717) is 12.2 Å². The van der Waals surface area contributed by atoms with Crippen molar-refractivity contribution in [3.8, 4) is 5.75 Å². The first-order chi connectivity index (χ1) is 14.5. The minimum Gasteiger partial charge on any atom is -0.486 e. The van der Waals surface area contributed by atoms with Gasteiger partial charge in [-0.2, -0.15) is 0 Å². The molecular weight excluding hydrogens is 422 g/mol. The Labute approximate surface area is 183 Å². The number of benzene rings is 1. The van der Waals surface area contributed by atoms with Gasteiger partial charge in [-0.3, -0.25) is 9.59 Å². The molecule has 0 saturated heterocycles. The zero-order valence-corrected chi connectivity index (χ0v) is 19.2. The summed E-state index contributed by atoms with van der Waals surface area (Å²) in [6.07, 6.45) is 2.22. The molecule has 1 aromatic carbocycles. The fraction of sp³-hybridized carbons (Fsp3) is 0.619. The summed E-state index contributed by atoms with van der Waals surface area (Å²) in [5.41, 5.74) is 0.660. The molecule has 0 unspecified atom stereocenters. The molecule has 0 spiro atoms. The molecule has 1 saturated carbocycles. The van der Waals surface area contributed by atoms with E-state index in [9.17, 15) is 23.1 Å². The van der Waals surface area contributed by atoms with Crippen LogP contribution in [0.1, 0.15) is 37.0 Å². The lowest BCUT2D eigenvalue weighted by molar-refractivity contribution is -0.117. The fourth-order valence-corrected chi connectivity index (χ4v) is 3.95. The predicted molar refractivity (Wildman–Crippen MR) is 116 cm³/mol. The second-order valence-corrected chi connectivity index (χ2v) is 10.7. The van der Waals surface area contributed by atoms with Crippen molar-refractivity contribution < 1.29 is 27.9 Å². The Kier molecular flexibility index (Phi) is 6.92. The molecule has 9 nitrogen and oxygen atoms in total. The van der Waals surface area contributed by atoms with Crippen molar-refractivity contribution in [2.75, 3.05) is 38.3 Å². The number of aliphatic hydroxyl groups is 1. The molecule has 1 aliphatic carbocycles. The Morgan fingerprint density at radius 1 is 1.39 bits per heavy atom. The number of hydrogen-bond donors (Lipinski definition) is 2. The van der Waals surface area contributed by atoms with Crippen molar-refractivity contribution in [3.63, 3.8) is 0 Å². The van der Waals surface area contributed by atoms with Gasteiger partial charge < -0.3 is 20.1 Å². The molecule has 1 aliphatic heterocycles. The van der Waals surface area contributed by atoms with Gasteiger partial charge in [0.15, 0.2) is 5.75 Å². The molecule has 0 aromatic heterocycles. The van der Waals surface area contributed by atoms with Gasteiger partial charge in [-0.25, -0.2) is 12.7 Å². The summed E-state index contributed by atoms with van der Waals surface area (Å²) in [4.78, 5) is 27.3. The van der Waals surface area contributed by atoms with E-state index in [1.165, 1.54) is 11.4 Å². The monoisotopic (exact) mass is 453 g/mol. The maximum atomic E-state index is 13.3. The number of ether oxygens (including phenoxy) is 1. The highest BCUT2D eigenvalue weighted by molar-refractivity contribution is 7.88. The van der Waals surface area contributed by atoms with E-state index >= 15 is 0 Å². The number of nitrogens with zero attached hydrogens (tertiary/aromatic N) is 2. The molecule has 1 heterocycles. The van der Waals surface area contributed by atoms with E-state index in [4.69, 9.17) is 4.74 Å². The summed E-state index contributed by atoms with van der Waals surface area (Å²) >= 11 is 0. The molecule has 1 fully saturated rings. The summed E-state index contributed by atoms with van der Waals surface area (Å²) in [5.74, 6) is -0.458. The molecule has 10 heteroatoms. The number of carbonyl (C=O) groups is 2. The van der Waals surface area contributed by atoms with Crippen LogP contribution in [0, 0.1) is 11.8 Å². The van der Waals surface area contributed by atoms with Crippen molar-refractivity contribution in [1.29, 1.82) is 0 Å². The Morgan fingerprint density at radius 2 is 2.06 bits per heavy atom. The van der Waals surface area contributed by atoms with Gasteiger partial charge >= 0.3 is 0 Å². The summed E-state index contributed by atoms with van der Waals surface area (Å²) < 4.78 is 31.4. The van der Waals surface area contributed by atoms with Crippen LogP contribution in [0.5, 0.6) is 5.75 Å². The van der Waals surface area contributed by atoms with Crippen molar-refractivity contribution in [2.45, 2.75) is 38.8 Å². The average Bonchev–Trinajstić information content (AvgIpc) is 3.55. The first kappa shape index (κ1) is 23.5.